The van der Waals surface area contributed by atoms with Gasteiger partial charge in [0, 0.05) is 38.9 Å². The van der Waals surface area contributed by atoms with Crippen LogP contribution in [0.15, 0.2) is 0 Å². The Morgan fingerprint density at radius 3 is 2.82 bits per heavy atom. The van der Waals surface area contributed by atoms with Gasteiger partial charge in [0.15, 0.2) is 0 Å². The second kappa shape index (κ2) is 8.86. The minimum atomic E-state index is 0.595. The molecule has 1 aliphatic heterocycles. The number of hydrogen-bond acceptors (Lipinski definition) is 4. The zero-order chi connectivity index (χ0) is 12.5. The van der Waals surface area contributed by atoms with E-state index >= 15 is 0 Å². The topological polar surface area (TPSA) is 33.7 Å². The second-order valence-corrected chi connectivity index (χ2v) is 5.07. The first kappa shape index (κ1) is 14.9. The van der Waals surface area contributed by atoms with E-state index in [0.717, 1.165) is 19.6 Å². The molecule has 0 spiro atoms. The Bertz CT molecular complexity index is 188. The van der Waals surface area contributed by atoms with Crippen molar-refractivity contribution in [2.75, 3.05) is 46.6 Å². The molecule has 1 unspecified atom stereocenters. The van der Waals surface area contributed by atoms with Crippen molar-refractivity contribution in [2.45, 2.75) is 38.8 Å². The first-order chi connectivity index (χ1) is 8.22. The molecule has 0 saturated carbocycles. The van der Waals surface area contributed by atoms with E-state index in [-0.39, 0.29) is 0 Å². The lowest BCUT2D eigenvalue weighted by Gasteiger charge is -2.18. The number of methoxy groups -OCH3 is 1. The third-order valence-corrected chi connectivity index (χ3v) is 3.04. The van der Waals surface area contributed by atoms with Gasteiger partial charge in [0.25, 0.3) is 0 Å². The third kappa shape index (κ3) is 6.99. The number of ether oxygens (including phenoxy) is 2. The number of nitrogens with zero attached hydrogens (tertiary/aromatic N) is 1. The predicted molar refractivity (Wildman–Crippen MR) is 70.4 cm³/mol. The molecular formula is C13H28N2O2. The van der Waals surface area contributed by atoms with Crippen LogP contribution in [-0.4, -0.2) is 63.5 Å². The van der Waals surface area contributed by atoms with Crippen molar-refractivity contribution < 1.29 is 9.47 Å². The lowest BCUT2D eigenvalue weighted by molar-refractivity contribution is 0.0661. The SMILES string of the molecule is COCCOCCCN1CCC(NC(C)C)C1. The van der Waals surface area contributed by atoms with E-state index in [4.69, 9.17) is 9.47 Å². The lowest BCUT2D eigenvalue weighted by Crippen LogP contribution is -2.37. The maximum absolute atomic E-state index is 5.46. The second-order valence-electron chi connectivity index (χ2n) is 5.07. The molecule has 1 fully saturated rings. The molecule has 4 heteroatoms. The summed E-state index contributed by atoms with van der Waals surface area (Å²) in [6.45, 7) is 10.3. The van der Waals surface area contributed by atoms with Gasteiger partial charge in [-0.3, -0.25) is 0 Å². The van der Waals surface area contributed by atoms with E-state index in [9.17, 15) is 0 Å². The molecule has 1 heterocycles. The van der Waals surface area contributed by atoms with Crippen LogP contribution in [0.5, 0.6) is 0 Å². The van der Waals surface area contributed by atoms with Gasteiger partial charge in [-0.2, -0.15) is 0 Å². The summed E-state index contributed by atoms with van der Waals surface area (Å²) >= 11 is 0. The molecule has 0 bridgehead atoms. The summed E-state index contributed by atoms with van der Waals surface area (Å²) in [5, 5.41) is 3.60. The highest BCUT2D eigenvalue weighted by molar-refractivity contribution is 4.81. The predicted octanol–water partition coefficient (Wildman–Crippen LogP) is 1.11. The van der Waals surface area contributed by atoms with Crippen molar-refractivity contribution in [3.05, 3.63) is 0 Å². The molecule has 0 aromatic rings. The summed E-state index contributed by atoms with van der Waals surface area (Å²) in [6.07, 6.45) is 2.40. The Labute approximate surface area is 106 Å². The van der Waals surface area contributed by atoms with Crippen LogP contribution < -0.4 is 5.32 Å². The van der Waals surface area contributed by atoms with Gasteiger partial charge in [-0.1, -0.05) is 13.8 Å². The molecule has 1 saturated heterocycles. The first-order valence-corrected chi connectivity index (χ1v) is 6.77. The Balaban J connectivity index is 1.95. The highest BCUT2D eigenvalue weighted by Crippen LogP contribution is 2.10. The monoisotopic (exact) mass is 244 g/mol. The number of nitrogens with one attached hydrogen (secondary N) is 1. The average Bonchev–Trinajstić information content (AvgIpc) is 2.70. The molecule has 1 N–H and O–H groups in total. The summed E-state index contributed by atoms with van der Waals surface area (Å²) < 4.78 is 10.4. The van der Waals surface area contributed by atoms with Gasteiger partial charge >= 0.3 is 0 Å². The number of likely N-dealkylation sites (tertiary alicyclic amines) is 1. The molecule has 1 atom stereocenters. The minimum absolute atomic E-state index is 0.595. The van der Waals surface area contributed by atoms with Crippen LogP contribution in [0.4, 0.5) is 0 Å². The van der Waals surface area contributed by atoms with Crippen LogP contribution in [0.1, 0.15) is 26.7 Å². The van der Waals surface area contributed by atoms with Crippen LogP contribution in [0.3, 0.4) is 0 Å². The van der Waals surface area contributed by atoms with E-state index in [1.165, 1.54) is 19.5 Å². The summed E-state index contributed by atoms with van der Waals surface area (Å²) in [5.74, 6) is 0. The van der Waals surface area contributed by atoms with Gasteiger partial charge in [-0.05, 0) is 19.4 Å². The summed E-state index contributed by atoms with van der Waals surface area (Å²) in [4.78, 5) is 2.53. The van der Waals surface area contributed by atoms with Crippen LogP contribution in [-0.2, 0) is 9.47 Å². The van der Waals surface area contributed by atoms with E-state index in [1.807, 2.05) is 0 Å². The Hall–Kier alpha value is -0.160. The van der Waals surface area contributed by atoms with E-state index in [2.05, 4.69) is 24.1 Å². The quantitative estimate of drug-likeness (QED) is 0.616. The van der Waals surface area contributed by atoms with Crippen LogP contribution in [0.25, 0.3) is 0 Å². The van der Waals surface area contributed by atoms with Gasteiger partial charge in [0.05, 0.1) is 13.2 Å². The van der Waals surface area contributed by atoms with E-state index in [0.29, 0.717) is 25.3 Å². The Morgan fingerprint density at radius 1 is 1.29 bits per heavy atom. The molecule has 0 radical (unpaired) electrons. The highest BCUT2D eigenvalue weighted by atomic mass is 16.5. The fourth-order valence-corrected chi connectivity index (χ4v) is 2.28. The van der Waals surface area contributed by atoms with Crippen molar-refractivity contribution in [3.63, 3.8) is 0 Å². The summed E-state index contributed by atoms with van der Waals surface area (Å²) in [6, 6.07) is 1.28. The maximum atomic E-state index is 5.46. The van der Waals surface area contributed by atoms with Crippen LogP contribution in [0.2, 0.25) is 0 Å². The third-order valence-electron chi connectivity index (χ3n) is 3.04. The van der Waals surface area contributed by atoms with Gasteiger partial charge in [-0.25, -0.2) is 0 Å². The van der Waals surface area contributed by atoms with Crippen molar-refractivity contribution in [2.24, 2.45) is 0 Å². The molecule has 17 heavy (non-hydrogen) atoms. The lowest BCUT2D eigenvalue weighted by atomic mass is 10.2. The molecule has 0 aromatic heterocycles. The van der Waals surface area contributed by atoms with Crippen molar-refractivity contribution >= 4 is 0 Å². The molecule has 0 aliphatic carbocycles. The molecule has 102 valence electrons. The van der Waals surface area contributed by atoms with Crippen molar-refractivity contribution in [1.29, 1.82) is 0 Å². The number of rotatable bonds is 9. The van der Waals surface area contributed by atoms with Gasteiger partial charge in [0.1, 0.15) is 0 Å². The van der Waals surface area contributed by atoms with E-state index in [1.54, 1.807) is 7.11 Å². The van der Waals surface area contributed by atoms with Gasteiger partial charge < -0.3 is 19.7 Å². The normalized spacial score (nSPS) is 21.5. The summed E-state index contributed by atoms with van der Waals surface area (Å²) in [5.41, 5.74) is 0. The minimum Gasteiger partial charge on any atom is -0.382 e. The zero-order valence-corrected chi connectivity index (χ0v) is 11.6. The smallest absolute Gasteiger partial charge is 0.0700 e. The number of hydrogen-bond donors (Lipinski definition) is 1. The maximum Gasteiger partial charge on any atom is 0.0700 e. The van der Waals surface area contributed by atoms with Gasteiger partial charge in [0.2, 0.25) is 0 Å². The largest absolute Gasteiger partial charge is 0.382 e. The fraction of sp³-hybridized carbons (Fsp3) is 1.00. The molecular weight excluding hydrogens is 216 g/mol. The standard InChI is InChI=1S/C13H28N2O2/c1-12(2)14-13-5-7-15(11-13)6-4-8-17-10-9-16-3/h12-14H,4-11H2,1-3H3. The van der Waals surface area contributed by atoms with Crippen LogP contribution >= 0.6 is 0 Å². The fourth-order valence-electron chi connectivity index (χ4n) is 2.28. The molecule has 0 amide bonds. The molecule has 1 aliphatic rings. The zero-order valence-electron chi connectivity index (χ0n) is 11.6. The Kier molecular flexibility index (Phi) is 7.77. The first-order valence-electron chi connectivity index (χ1n) is 6.77. The molecule has 0 aromatic carbocycles. The van der Waals surface area contributed by atoms with Gasteiger partial charge in [-0.15, -0.1) is 0 Å². The Morgan fingerprint density at radius 2 is 2.12 bits per heavy atom. The summed E-state index contributed by atoms with van der Waals surface area (Å²) in [7, 11) is 1.70. The van der Waals surface area contributed by atoms with Crippen molar-refractivity contribution in [1.82, 2.24) is 10.2 Å². The highest BCUT2D eigenvalue weighted by Gasteiger charge is 2.21. The molecule has 4 nitrogen and oxygen atoms in total. The van der Waals surface area contributed by atoms with E-state index < -0.39 is 0 Å². The van der Waals surface area contributed by atoms with Crippen molar-refractivity contribution in [3.8, 4) is 0 Å². The van der Waals surface area contributed by atoms with Crippen LogP contribution in [0, 0.1) is 0 Å². The average molecular weight is 244 g/mol. The molecule has 1 rings (SSSR count).